The van der Waals surface area contributed by atoms with Gasteiger partial charge in [-0.25, -0.2) is 0 Å². The van der Waals surface area contributed by atoms with Gasteiger partial charge in [-0.2, -0.15) is 0 Å². The Morgan fingerprint density at radius 1 is 1.43 bits per heavy atom. The Bertz CT molecular complexity index is 333. The molecule has 0 saturated carbocycles. The molecule has 14 heavy (non-hydrogen) atoms. The highest BCUT2D eigenvalue weighted by Crippen LogP contribution is 2.31. The van der Waals surface area contributed by atoms with Crippen molar-refractivity contribution in [3.05, 3.63) is 29.1 Å². The van der Waals surface area contributed by atoms with Crippen LogP contribution in [0.1, 0.15) is 35.7 Å². The third kappa shape index (κ3) is 1.67. The molecule has 1 unspecified atom stereocenters. The topological polar surface area (TPSA) is 16.1 Å². The van der Waals surface area contributed by atoms with Crippen molar-refractivity contribution in [1.82, 2.24) is 9.88 Å². The minimum atomic E-state index is 0.599. The number of rotatable bonds is 1. The molecule has 1 atom stereocenters. The molecule has 0 aromatic carbocycles. The molecule has 1 aliphatic rings. The average molecular weight is 190 g/mol. The number of aryl methyl sites for hydroxylation is 2. The normalized spacial score (nSPS) is 22.9. The Labute approximate surface area is 86.0 Å². The van der Waals surface area contributed by atoms with Gasteiger partial charge in [-0.05, 0) is 51.4 Å². The highest BCUT2D eigenvalue weighted by atomic mass is 15.1. The van der Waals surface area contributed by atoms with Crippen LogP contribution >= 0.6 is 0 Å². The number of nitrogens with zero attached hydrogens (tertiary/aromatic N) is 2. The number of hydrogen-bond acceptors (Lipinski definition) is 2. The van der Waals surface area contributed by atoms with Crippen molar-refractivity contribution in [1.29, 1.82) is 0 Å². The van der Waals surface area contributed by atoms with Crippen LogP contribution in [0.3, 0.4) is 0 Å². The van der Waals surface area contributed by atoms with Crippen LogP contribution in [0.5, 0.6) is 0 Å². The third-order valence-electron chi connectivity index (χ3n) is 3.14. The van der Waals surface area contributed by atoms with E-state index in [2.05, 4.69) is 36.8 Å². The summed E-state index contributed by atoms with van der Waals surface area (Å²) < 4.78 is 0. The molecule has 2 nitrogen and oxygen atoms in total. The maximum atomic E-state index is 4.43. The van der Waals surface area contributed by atoms with Crippen LogP contribution in [0, 0.1) is 13.8 Å². The summed E-state index contributed by atoms with van der Waals surface area (Å²) in [5.41, 5.74) is 3.88. The number of hydrogen-bond donors (Lipinski definition) is 0. The zero-order valence-corrected chi connectivity index (χ0v) is 9.25. The summed E-state index contributed by atoms with van der Waals surface area (Å²) in [7, 11) is 2.21. The Morgan fingerprint density at radius 3 is 2.86 bits per heavy atom. The van der Waals surface area contributed by atoms with Gasteiger partial charge in [0, 0.05) is 17.9 Å². The number of pyridine rings is 1. The second kappa shape index (κ2) is 3.70. The first-order chi connectivity index (χ1) is 6.68. The van der Waals surface area contributed by atoms with E-state index in [-0.39, 0.29) is 0 Å². The Kier molecular flexibility index (Phi) is 2.55. The Morgan fingerprint density at radius 2 is 2.21 bits per heavy atom. The number of likely N-dealkylation sites (tertiary alicyclic amines) is 1. The predicted molar refractivity (Wildman–Crippen MR) is 58.3 cm³/mol. The van der Waals surface area contributed by atoms with Gasteiger partial charge in [0.1, 0.15) is 0 Å². The smallest absolute Gasteiger partial charge is 0.0420 e. The van der Waals surface area contributed by atoms with Crippen LogP contribution in [-0.4, -0.2) is 23.5 Å². The summed E-state index contributed by atoms with van der Waals surface area (Å²) in [6.07, 6.45) is 4.55. The van der Waals surface area contributed by atoms with Gasteiger partial charge in [-0.3, -0.25) is 9.88 Å². The molecular formula is C12H18N2. The maximum Gasteiger partial charge on any atom is 0.0420 e. The van der Waals surface area contributed by atoms with Gasteiger partial charge in [-0.15, -0.1) is 0 Å². The zero-order valence-electron chi connectivity index (χ0n) is 9.25. The minimum absolute atomic E-state index is 0.599. The van der Waals surface area contributed by atoms with Gasteiger partial charge in [0.15, 0.2) is 0 Å². The molecule has 1 aromatic rings. The van der Waals surface area contributed by atoms with Crippen molar-refractivity contribution in [2.75, 3.05) is 13.6 Å². The zero-order chi connectivity index (χ0) is 10.1. The van der Waals surface area contributed by atoms with Crippen LogP contribution in [0.4, 0.5) is 0 Å². The van der Waals surface area contributed by atoms with Crippen molar-refractivity contribution >= 4 is 0 Å². The lowest BCUT2D eigenvalue weighted by molar-refractivity contribution is 0.316. The van der Waals surface area contributed by atoms with E-state index in [1.165, 1.54) is 36.2 Å². The Hall–Kier alpha value is -0.890. The summed E-state index contributed by atoms with van der Waals surface area (Å²) in [5, 5.41) is 0. The van der Waals surface area contributed by atoms with Gasteiger partial charge in [0.2, 0.25) is 0 Å². The predicted octanol–water partition coefficient (Wildman–Crippen LogP) is 2.47. The fourth-order valence-corrected chi connectivity index (χ4v) is 2.30. The summed E-state index contributed by atoms with van der Waals surface area (Å²) >= 11 is 0. The molecule has 1 fully saturated rings. The quantitative estimate of drug-likeness (QED) is 0.676. The first-order valence-corrected chi connectivity index (χ1v) is 5.32. The van der Waals surface area contributed by atoms with Gasteiger partial charge < -0.3 is 0 Å². The van der Waals surface area contributed by atoms with Crippen LogP contribution in [0.15, 0.2) is 12.3 Å². The van der Waals surface area contributed by atoms with Gasteiger partial charge in [0.05, 0.1) is 0 Å². The lowest BCUT2D eigenvalue weighted by atomic mass is 10.0. The second-order valence-electron chi connectivity index (χ2n) is 4.33. The fourth-order valence-electron chi connectivity index (χ4n) is 2.30. The molecule has 0 aliphatic carbocycles. The van der Waals surface area contributed by atoms with Crippen molar-refractivity contribution in [3.63, 3.8) is 0 Å². The third-order valence-corrected chi connectivity index (χ3v) is 3.14. The summed E-state index contributed by atoms with van der Waals surface area (Å²) in [5.74, 6) is 0. The number of aromatic nitrogens is 1. The van der Waals surface area contributed by atoms with E-state index in [4.69, 9.17) is 0 Å². The summed E-state index contributed by atoms with van der Waals surface area (Å²) in [6.45, 7) is 5.45. The first-order valence-electron chi connectivity index (χ1n) is 5.32. The summed E-state index contributed by atoms with van der Waals surface area (Å²) in [6, 6.07) is 2.89. The minimum Gasteiger partial charge on any atom is -0.299 e. The molecule has 0 radical (unpaired) electrons. The summed E-state index contributed by atoms with van der Waals surface area (Å²) in [4.78, 5) is 6.86. The molecule has 2 heteroatoms. The molecule has 0 amide bonds. The van der Waals surface area contributed by atoms with E-state index >= 15 is 0 Å². The van der Waals surface area contributed by atoms with Crippen molar-refractivity contribution in [3.8, 4) is 0 Å². The molecule has 2 rings (SSSR count). The van der Waals surface area contributed by atoms with Crippen LogP contribution in [-0.2, 0) is 0 Å². The van der Waals surface area contributed by atoms with Gasteiger partial charge in [-0.1, -0.05) is 6.07 Å². The largest absolute Gasteiger partial charge is 0.299 e. The molecule has 2 heterocycles. The Balaban J connectivity index is 2.34. The van der Waals surface area contributed by atoms with E-state index in [1.807, 2.05) is 6.20 Å². The highest BCUT2D eigenvalue weighted by Gasteiger charge is 2.24. The molecule has 1 saturated heterocycles. The van der Waals surface area contributed by atoms with E-state index < -0.39 is 0 Å². The van der Waals surface area contributed by atoms with Gasteiger partial charge >= 0.3 is 0 Å². The molecular weight excluding hydrogens is 172 g/mol. The lowest BCUT2D eigenvalue weighted by Crippen LogP contribution is -2.18. The molecule has 0 N–H and O–H groups in total. The first kappa shape index (κ1) is 9.66. The van der Waals surface area contributed by atoms with Crippen LogP contribution in [0.25, 0.3) is 0 Å². The maximum absolute atomic E-state index is 4.43. The standard InChI is InChI=1S/C12H18N2/c1-9-7-11(10(2)13-8-9)12-5-4-6-14(12)3/h7-8,12H,4-6H2,1-3H3. The fraction of sp³-hybridized carbons (Fsp3) is 0.583. The van der Waals surface area contributed by atoms with Crippen molar-refractivity contribution in [2.24, 2.45) is 0 Å². The highest BCUT2D eigenvalue weighted by molar-refractivity contribution is 5.27. The molecule has 76 valence electrons. The monoisotopic (exact) mass is 190 g/mol. The molecule has 1 aliphatic heterocycles. The average Bonchev–Trinajstić information content (AvgIpc) is 2.56. The molecule has 0 spiro atoms. The van der Waals surface area contributed by atoms with Crippen molar-refractivity contribution in [2.45, 2.75) is 32.7 Å². The van der Waals surface area contributed by atoms with E-state index in [0.29, 0.717) is 6.04 Å². The SMILES string of the molecule is Cc1cnc(C)c(C2CCCN2C)c1. The van der Waals surface area contributed by atoms with Gasteiger partial charge in [0.25, 0.3) is 0 Å². The second-order valence-corrected chi connectivity index (χ2v) is 4.33. The van der Waals surface area contributed by atoms with E-state index in [0.717, 1.165) is 0 Å². The van der Waals surface area contributed by atoms with E-state index in [1.54, 1.807) is 0 Å². The molecule has 1 aromatic heterocycles. The van der Waals surface area contributed by atoms with Crippen LogP contribution < -0.4 is 0 Å². The van der Waals surface area contributed by atoms with Crippen molar-refractivity contribution < 1.29 is 0 Å². The molecule has 0 bridgehead atoms. The van der Waals surface area contributed by atoms with E-state index in [9.17, 15) is 0 Å². The lowest BCUT2D eigenvalue weighted by Gasteiger charge is -2.21. The van der Waals surface area contributed by atoms with Crippen LogP contribution in [0.2, 0.25) is 0 Å².